The van der Waals surface area contributed by atoms with Crippen molar-refractivity contribution in [2.45, 2.75) is 64.4 Å². The molecule has 118 valence electrons. The summed E-state index contributed by atoms with van der Waals surface area (Å²) < 4.78 is 1.98. The normalized spacial score (nSPS) is 21.5. The lowest BCUT2D eigenvalue weighted by Gasteiger charge is -2.19. The number of aromatic nitrogens is 2. The number of carbonyl (C=O) groups excluding carboxylic acids is 1. The summed E-state index contributed by atoms with van der Waals surface area (Å²) in [4.78, 5) is 12.1. The summed E-state index contributed by atoms with van der Waals surface area (Å²) in [7, 11) is 0. The van der Waals surface area contributed by atoms with Crippen LogP contribution in [0.25, 0.3) is 0 Å². The highest BCUT2D eigenvalue weighted by Gasteiger charge is 2.27. The molecule has 0 bridgehead atoms. The molecule has 21 heavy (non-hydrogen) atoms. The van der Waals surface area contributed by atoms with Gasteiger partial charge in [0.1, 0.15) is 0 Å². The molecule has 1 aromatic heterocycles. The molecule has 0 saturated heterocycles. The minimum absolute atomic E-state index is 0.0657. The molecule has 1 aliphatic rings. The van der Waals surface area contributed by atoms with Crippen LogP contribution in [0.2, 0.25) is 0 Å². The first kappa shape index (κ1) is 16.2. The Kier molecular flexibility index (Phi) is 5.56. The Bertz CT molecular complexity index is 500. The van der Waals surface area contributed by atoms with Crippen LogP contribution < -0.4 is 10.6 Å². The maximum atomic E-state index is 12.1. The van der Waals surface area contributed by atoms with Gasteiger partial charge in [0.25, 0.3) is 0 Å². The lowest BCUT2D eigenvalue weighted by Crippen LogP contribution is -2.44. The maximum Gasteiger partial charge on any atom is 0.315 e. The van der Waals surface area contributed by atoms with Gasteiger partial charge in [0.2, 0.25) is 0 Å². The lowest BCUT2D eigenvalue weighted by atomic mass is 10.2. The zero-order chi connectivity index (χ0) is 15.4. The van der Waals surface area contributed by atoms with E-state index in [-0.39, 0.29) is 6.03 Å². The molecule has 2 rings (SSSR count). The molecule has 0 unspecified atom stereocenters. The van der Waals surface area contributed by atoms with Crippen molar-refractivity contribution in [3.63, 3.8) is 0 Å². The molecule has 0 radical (unpaired) electrons. The molecule has 6 heteroatoms. The molecule has 1 aliphatic carbocycles. The van der Waals surface area contributed by atoms with Crippen molar-refractivity contribution in [2.75, 3.05) is 6.26 Å². The first-order chi connectivity index (χ1) is 10.1. The number of amides is 2. The zero-order valence-electron chi connectivity index (χ0n) is 13.4. The third kappa shape index (κ3) is 3.73. The van der Waals surface area contributed by atoms with E-state index < -0.39 is 0 Å². The van der Waals surface area contributed by atoms with Gasteiger partial charge in [0, 0.05) is 35.6 Å². The van der Waals surface area contributed by atoms with E-state index in [0.717, 1.165) is 29.9 Å². The second kappa shape index (κ2) is 7.20. The van der Waals surface area contributed by atoms with Crippen molar-refractivity contribution in [1.29, 1.82) is 0 Å². The first-order valence-corrected chi connectivity index (χ1v) is 8.95. The van der Waals surface area contributed by atoms with Crippen LogP contribution in [0.4, 0.5) is 4.79 Å². The van der Waals surface area contributed by atoms with Gasteiger partial charge in [-0.25, -0.2) is 4.79 Å². The molecule has 0 spiro atoms. The maximum absolute atomic E-state index is 12.1. The molecule has 1 saturated carbocycles. The third-order valence-electron chi connectivity index (χ3n) is 4.33. The number of hydrogen-bond acceptors (Lipinski definition) is 3. The van der Waals surface area contributed by atoms with E-state index in [1.54, 1.807) is 0 Å². The minimum atomic E-state index is -0.0657. The third-order valence-corrected chi connectivity index (χ3v) is 5.50. The van der Waals surface area contributed by atoms with Crippen LogP contribution in [0.15, 0.2) is 0 Å². The van der Waals surface area contributed by atoms with Gasteiger partial charge in [-0.3, -0.25) is 4.68 Å². The Morgan fingerprint density at radius 3 is 2.81 bits per heavy atom. The summed E-state index contributed by atoms with van der Waals surface area (Å²) in [5, 5.41) is 11.1. The fraction of sp³-hybridized carbons (Fsp3) is 0.733. The number of nitrogens with zero attached hydrogens (tertiary/aromatic N) is 2. The van der Waals surface area contributed by atoms with Gasteiger partial charge >= 0.3 is 6.03 Å². The molecule has 1 heterocycles. The van der Waals surface area contributed by atoms with E-state index >= 15 is 0 Å². The van der Waals surface area contributed by atoms with Crippen molar-refractivity contribution in [3.8, 4) is 0 Å². The second-order valence-corrected chi connectivity index (χ2v) is 6.68. The Hall–Kier alpha value is -1.17. The summed E-state index contributed by atoms with van der Waals surface area (Å²) in [6.45, 7) is 7.52. The SMILES string of the molecule is CCn1nc(C)c(CNC(=O)N[C@H]2CCC[C@@H]2SC)c1C. The van der Waals surface area contributed by atoms with E-state index in [4.69, 9.17) is 0 Å². The van der Waals surface area contributed by atoms with Crippen LogP contribution in [0.1, 0.15) is 43.1 Å². The number of urea groups is 1. The van der Waals surface area contributed by atoms with Crippen LogP contribution in [0, 0.1) is 13.8 Å². The fourth-order valence-corrected chi connectivity index (χ4v) is 3.99. The van der Waals surface area contributed by atoms with Gasteiger partial charge in [-0.05, 0) is 39.9 Å². The minimum Gasteiger partial charge on any atom is -0.334 e. The standard InChI is InChI=1S/C15H26N4OS/c1-5-19-11(3)12(10(2)18-19)9-16-15(20)17-13-7-6-8-14(13)21-4/h13-14H,5-9H2,1-4H3,(H2,16,17,20)/t13-,14-/m0/s1. The van der Waals surface area contributed by atoms with Gasteiger partial charge in [-0.15, -0.1) is 0 Å². The number of carbonyl (C=O) groups is 1. The van der Waals surface area contributed by atoms with Crippen LogP contribution in [-0.2, 0) is 13.1 Å². The quantitative estimate of drug-likeness (QED) is 0.879. The van der Waals surface area contributed by atoms with Gasteiger partial charge in [-0.1, -0.05) is 6.42 Å². The predicted molar refractivity (Wildman–Crippen MR) is 87.7 cm³/mol. The van der Waals surface area contributed by atoms with E-state index in [0.29, 0.717) is 17.8 Å². The molecular weight excluding hydrogens is 284 g/mol. The highest BCUT2D eigenvalue weighted by molar-refractivity contribution is 7.99. The molecule has 5 nitrogen and oxygen atoms in total. The molecule has 0 aliphatic heterocycles. The lowest BCUT2D eigenvalue weighted by molar-refractivity contribution is 0.237. The summed E-state index contributed by atoms with van der Waals surface area (Å²) in [5.41, 5.74) is 3.26. The Morgan fingerprint density at radius 1 is 1.43 bits per heavy atom. The van der Waals surface area contributed by atoms with Crippen LogP contribution in [0.3, 0.4) is 0 Å². The summed E-state index contributed by atoms with van der Waals surface area (Å²) >= 11 is 1.85. The summed E-state index contributed by atoms with van der Waals surface area (Å²) in [6, 6.07) is 0.240. The molecule has 2 amide bonds. The number of hydrogen-bond donors (Lipinski definition) is 2. The van der Waals surface area contributed by atoms with E-state index in [9.17, 15) is 4.79 Å². The zero-order valence-corrected chi connectivity index (χ0v) is 14.2. The molecule has 1 fully saturated rings. The molecule has 0 aromatic carbocycles. The fourth-order valence-electron chi connectivity index (χ4n) is 3.06. The van der Waals surface area contributed by atoms with Gasteiger partial charge in [-0.2, -0.15) is 16.9 Å². The predicted octanol–water partition coefficient (Wildman–Crippen LogP) is 2.60. The average Bonchev–Trinajstić information content (AvgIpc) is 3.01. The Morgan fingerprint density at radius 2 is 2.19 bits per heavy atom. The van der Waals surface area contributed by atoms with Gasteiger partial charge in [0.15, 0.2) is 0 Å². The van der Waals surface area contributed by atoms with Gasteiger partial charge in [0.05, 0.1) is 5.69 Å². The molecule has 2 N–H and O–H groups in total. The average molecular weight is 310 g/mol. The molecular formula is C15H26N4OS. The van der Waals surface area contributed by atoms with Gasteiger partial charge < -0.3 is 10.6 Å². The van der Waals surface area contributed by atoms with Crippen molar-refractivity contribution < 1.29 is 4.79 Å². The Balaban J connectivity index is 1.88. The van der Waals surface area contributed by atoms with Crippen LogP contribution in [0.5, 0.6) is 0 Å². The number of nitrogens with one attached hydrogen (secondary N) is 2. The van der Waals surface area contributed by atoms with Crippen molar-refractivity contribution in [3.05, 3.63) is 17.0 Å². The number of thioether (sulfide) groups is 1. The molecule has 1 aromatic rings. The van der Waals surface area contributed by atoms with Crippen LogP contribution in [-0.4, -0.2) is 33.4 Å². The highest BCUT2D eigenvalue weighted by Crippen LogP contribution is 2.28. The smallest absolute Gasteiger partial charge is 0.315 e. The topological polar surface area (TPSA) is 59.0 Å². The Labute approximate surface area is 131 Å². The van der Waals surface area contributed by atoms with Crippen LogP contribution >= 0.6 is 11.8 Å². The highest BCUT2D eigenvalue weighted by atomic mass is 32.2. The van der Waals surface area contributed by atoms with Crippen molar-refractivity contribution in [1.82, 2.24) is 20.4 Å². The van der Waals surface area contributed by atoms with Crippen molar-refractivity contribution in [2.24, 2.45) is 0 Å². The molecule has 2 atom stereocenters. The second-order valence-electron chi connectivity index (χ2n) is 5.60. The van der Waals surface area contributed by atoms with Crippen molar-refractivity contribution >= 4 is 17.8 Å². The number of rotatable bonds is 5. The summed E-state index contributed by atoms with van der Waals surface area (Å²) in [5.74, 6) is 0. The largest absolute Gasteiger partial charge is 0.334 e. The van der Waals surface area contributed by atoms with E-state index in [1.807, 2.05) is 23.4 Å². The number of aryl methyl sites for hydroxylation is 2. The van der Waals surface area contributed by atoms with E-state index in [1.165, 1.54) is 12.8 Å². The first-order valence-electron chi connectivity index (χ1n) is 7.66. The van der Waals surface area contributed by atoms with E-state index in [2.05, 4.69) is 35.8 Å². The summed E-state index contributed by atoms with van der Waals surface area (Å²) in [6.07, 6.45) is 5.62. The monoisotopic (exact) mass is 310 g/mol.